The fourth-order valence-electron chi connectivity index (χ4n) is 5.11. The SMILES string of the molecule is C[C@@H](C(=O)N1c2ccccc2NC(=O)C1(C)C)N1CCN(CC(=O)N2CCCCCC2)CC1. The summed E-state index contributed by atoms with van der Waals surface area (Å²) < 4.78 is 0. The van der Waals surface area contributed by atoms with Crippen molar-refractivity contribution in [2.24, 2.45) is 0 Å². The first-order valence-electron chi connectivity index (χ1n) is 12.3. The number of carbonyl (C=O) groups excluding carboxylic acids is 3. The second kappa shape index (κ2) is 9.81. The molecule has 0 aliphatic carbocycles. The highest BCUT2D eigenvalue weighted by Crippen LogP contribution is 2.37. The number of likely N-dealkylation sites (tertiary alicyclic amines) is 1. The van der Waals surface area contributed by atoms with Crippen LogP contribution in [0.1, 0.15) is 46.5 Å². The third-order valence-electron chi connectivity index (χ3n) is 7.36. The van der Waals surface area contributed by atoms with Crippen LogP contribution in [0.2, 0.25) is 0 Å². The summed E-state index contributed by atoms with van der Waals surface area (Å²) in [5.74, 6) is -0.0258. The summed E-state index contributed by atoms with van der Waals surface area (Å²) in [5, 5.41) is 2.92. The number of para-hydroxylation sites is 2. The number of benzene rings is 1. The molecule has 180 valence electrons. The van der Waals surface area contributed by atoms with Gasteiger partial charge in [-0.2, -0.15) is 0 Å². The molecule has 1 aromatic carbocycles. The van der Waals surface area contributed by atoms with Crippen LogP contribution in [-0.4, -0.2) is 89.8 Å². The number of amides is 3. The monoisotopic (exact) mass is 455 g/mol. The molecule has 1 atom stereocenters. The van der Waals surface area contributed by atoms with Crippen molar-refractivity contribution in [3.8, 4) is 0 Å². The van der Waals surface area contributed by atoms with Crippen LogP contribution >= 0.6 is 0 Å². The van der Waals surface area contributed by atoms with Crippen LogP contribution in [0.15, 0.2) is 24.3 Å². The van der Waals surface area contributed by atoms with Crippen molar-refractivity contribution >= 4 is 29.1 Å². The molecule has 3 aliphatic heterocycles. The highest BCUT2D eigenvalue weighted by Gasteiger charge is 2.45. The first-order valence-corrected chi connectivity index (χ1v) is 12.3. The molecule has 0 spiro atoms. The summed E-state index contributed by atoms with van der Waals surface area (Å²) >= 11 is 0. The van der Waals surface area contributed by atoms with Crippen molar-refractivity contribution in [1.29, 1.82) is 0 Å². The molecule has 8 nitrogen and oxygen atoms in total. The van der Waals surface area contributed by atoms with Gasteiger partial charge in [-0.25, -0.2) is 0 Å². The zero-order chi connectivity index (χ0) is 23.6. The summed E-state index contributed by atoms with van der Waals surface area (Å²) in [4.78, 5) is 47.2. The van der Waals surface area contributed by atoms with Gasteiger partial charge in [-0.05, 0) is 45.7 Å². The minimum Gasteiger partial charge on any atom is -0.342 e. The number of hydrogen-bond acceptors (Lipinski definition) is 5. The van der Waals surface area contributed by atoms with Crippen molar-refractivity contribution in [2.45, 2.75) is 58.0 Å². The lowest BCUT2D eigenvalue weighted by Gasteiger charge is -2.45. The van der Waals surface area contributed by atoms with Crippen LogP contribution in [0, 0.1) is 0 Å². The van der Waals surface area contributed by atoms with Crippen LogP contribution in [0.5, 0.6) is 0 Å². The largest absolute Gasteiger partial charge is 0.342 e. The minimum absolute atomic E-state index is 0.0728. The Morgan fingerprint density at radius 3 is 2.27 bits per heavy atom. The molecule has 3 amide bonds. The molecule has 1 aromatic rings. The maximum absolute atomic E-state index is 13.6. The van der Waals surface area contributed by atoms with E-state index in [1.165, 1.54) is 12.8 Å². The standard InChI is InChI=1S/C25H37N5O3/c1-19(23(32)30-21-11-7-6-10-20(21)26-24(33)25(30,2)3)28-16-14-27(15-17-28)18-22(31)29-12-8-4-5-9-13-29/h6-7,10-11,19H,4-5,8-9,12-18H2,1-3H3,(H,26,33)/t19-/m0/s1. The number of carbonyl (C=O) groups is 3. The van der Waals surface area contributed by atoms with Crippen molar-refractivity contribution in [2.75, 3.05) is 56.0 Å². The first-order chi connectivity index (χ1) is 15.8. The lowest BCUT2D eigenvalue weighted by atomic mass is 9.95. The zero-order valence-corrected chi connectivity index (χ0v) is 20.2. The topological polar surface area (TPSA) is 76.2 Å². The number of nitrogens with zero attached hydrogens (tertiary/aromatic N) is 4. The van der Waals surface area contributed by atoms with E-state index in [1.54, 1.807) is 18.7 Å². The number of nitrogens with one attached hydrogen (secondary N) is 1. The van der Waals surface area contributed by atoms with Gasteiger partial charge in [-0.1, -0.05) is 25.0 Å². The van der Waals surface area contributed by atoms with Crippen molar-refractivity contribution in [3.63, 3.8) is 0 Å². The highest BCUT2D eigenvalue weighted by atomic mass is 16.2. The van der Waals surface area contributed by atoms with Gasteiger partial charge in [0.2, 0.25) is 17.7 Å². The van der Waals surface area contributed by atoms with Gasteiger partial charge in [0, 0.05) is 39.3 Å². The predicted octanol–water partition coefficient (Wildman–Crippen LogP) is 2.16. The Balaban J connectivity index is 1.37. The average molecular weight is 456 g/mol. The van der Waals surface area contributed by atoms with E-state index in [0.717, 1.165) is 57.8 Å². The molecular weight excluding hydrogens is 418 g/mol. The van der Waals surface area contributed by atoms with Crippen molar-refractivity contribution < 1.29 is 14.4 Å². The normalized spacial score (nSPS) is 22.8. The smallest absolute Gasteiger partial charge is 0.250 e. The van der Waals surface area contributed by atoms with Crippen LogP contribution in [0.3, 0.4) is 0 Å². The van der Waals surface area contributed by atoms with E-state index in [1.807, 2.05) is 36.1 Å². The lowest BCUT2D eigenvalue weighted by molar-refractivity contribution is -0.133. The molecule has 3 aliphatic rings. The molecule has 33 heavy (non-hydrogen) atoms. The summed E-state index contributed by atoms with van der Waals surface area (Å²) in [5.41, 5.74) is 0.432. The molecular formula is C25H37N5O3. The number of fused-ring (bicyclic) bond motifs is 1. The van der Waals surface area contributed by atoms with E-state index in [9.17, 15) is 14.4 Å². The van der Waals surface area contributed by atoms with Gasteiger partial charge < -0.3 is 10.2 Å². The Bertz CT molecular complexity index is 886. The Morgan fingerprint density at radius 1 is 0.970 bits per heavy atom. The summed E-state index contributed by atoms with van der Waals surface area (Å²) in [6.07, 6.45) is 4.64. The molecule has 2 saturated heterocycles. The maximum Gasteiger partial charge on any atom is 0.250 e. The minimum atomic E-state index is -0.971. The molecule has 0 bridgehead atoms. The van der Waals surface area contributed by atoms with Gasteiger partial charge in [0.1, 0.15) is 5.54 Å². The summed E-state index contributed by atoms with van der Waals surface area (Å²) in [6.45, 7) is 10.7. The Kier molecular flexibility index (Phi) is 7.05. The highest BCUT2D eigenvalue weighted by molar-refractivity contribution is 6.15. The molecule has 8 heteroatoms. The molecule has 1 N–H and O–H groups in total. The molecule has 0 aromatic heterocycles. The third kappa shape index (κ3) is 4.92. The Hall–Kier alpha value is -2.45. The second-order valence-corrected chi connectivity index (χ2v) is 9.99. The average Bonchev–Trinajstić information content (AvgIpc) is 3.09. The number of anilines is 2. The Morgan fingerprint density at radius 2 is 1.61 bits per heavy atom. The fourth-order valence-corrected chi connectivity index (χ4v) is 5.11. The van der Waals surface area contributed by atoms with Crippen LogP contribution in [0.4, 0.5) is 11.4 Å². The lowest BCUT2D eigenvalue weighted by Crippen LogP contribution is -2.63. The molecule has 3 heterocycles. The van der Waals surface area contributed by atoms with Crippen molar-refractivity contribution in [1.82, 2.24) is 14.7 Å². The van der Waals surface area contributed by atoms with Crippen LogP contribution in [-0.2, 0) is 14.4 Å². The van der Waals surface area contributed by atoms with Gasteiger partial charge in [0.15, 0.2) is 0 Å². The molecule has 0 radical (unpaired) electrons. The third-order valence-corrected chi connectivity index (χ3v) is 7.36. The molecule has 0 saturated carbocycles. The summed E-state index contributed by atoms with van der Waals surface area (Å²) in [6, 6.07) is 7.10. The van der Waals surface area contributed by atoms with Gasteiger partial charge in [0.25, 0.3) is 0 Å². The quantitative estimate of drug-likeness (QED) is 0.753. The number of rotatable bonds is 4. The van der Waals surface area contributed by atoms with Crippen LogP contribution < -0.4 is 10.2 Å². The van der Waals surface area contributed by atoms with E-state index in [0.29, 0.717) is 12.2 Å². The van der Waals surface area contributed by atoms with E-state index < -0.39 is 5.54 Å². The second-order valence-electron chi connectivity index (χ2n) is 9.99. The zero-order valence-electron chi connectivity index (χ0n) is 20.2. The molecule has 2 fully saturated rings. The fraction of sp³-hybridized carbons (Fsp3) is 0.640. The van der Waals surface area contributed by atoms with Gasteiger partial charge in [0.05, 0.1) is 24.0 Å². The van der Waals surface area contributed by atoms with Gasteiger partial charge in [-0.3, -0.25) is 29.1 Å². The van der Waals surface area contributed by atoms with Crippen molar-refractivity contribution in [3.05, 3.63) is 24.3 Å². The Labute approximate surface area is 196 Å². The first kappa shape index (κ1) is 23.7. The van der Waals surface area contributed by atoms with E-state index in [2.05, 4.69) is 15.1 Å². The molecule has 4 rings (SSSR count). The summed E-state index contributed by atoms with van der Waals surface area (Å²) in [7, 11) is 0. The van der Waals surface area contributed by atoms with E-state index in [-0.39, 0.29) is 23.8 Å². The maximum atomic E-state index is 13.6. The van der Waals surface area contributed by atoms with Crippen LogP contribution in [0.25, 0.3) is 0 Å². The van der Waals surface area contributed by atoms with Gasteiger partial charge in [-0.15, -0.1) is 0 Å². The predicted molar refractivity (Wildman–Crippen MR) is 129 cm³/mol. The number of piperazine rings is 1. The molecule has 0 unspecified atom stereocenters. The van der Waals surface area contributed by atoms with E-state index in [4.69, 9.17) is 0 Å². The van der Waals surface area contributed by atoms with E-state index >= 15 is 0 Å². The van der Waals surface area contributed by atoms with Gasteiger partial charge >= 0.3 is 0 Å². The number of hydrogen-bond donors (Lipinski definition) is 1.